The molecule has 4 heteroatoms. The molecule has 0 bridgehead atoms. The summed E-state index contributed by atoms with van der Waals surface area (Å²) in [5.41, 5.74) is 13.9. The van der Waals surface area contributed by atoms with Crippen molar-refractivity contribution < 1.29 is 4.79 Å². The second-order valence-corrected chi connectivity index (χ2v) is 3.91. The molecule has 0 aromatic heterocycles. The Labute approximate surface area is 88.9 Å². The summed E-state index contributed by atoms with van der Waals surface area (Å²) in [6.07, 6.45) is 0.435. The molecule has 1 unspecified atom stereocenters. The van der Waals surface area contributed by atoms with Crippen molar-refractivity contribution in [3.63, 3.8) is 0 Å². The van der Waals surface area contributed by atoms with Crippen molar-refractivity contribution in [2.75, 3.05) is 17.2 Å². The van der Waals surface area contributed by atoms with Crippen LogP contribution in [0.4, 0.5) is 11.4 Å². The molecule has 15 heavy (non-hydrogen) atoms. The number of nitrogens with zero attached hydrogens (tertiary/aromatic N) is 1. The van der Waals surface area contributed by atoms with Gasteiger partial charge in [-0.2, -0.15) is 0 Å². The fraction of sp³-hybridized carbons (Fsp3) is 0.364. The van der Waals surface area contributed by atoms with Gasteiger partial charge in [-0.1, -0.05) is 0 Å². The predicted molar refractivity (Wildman–Crippen MR) is 60.6 cm³/mol. The summed E-state index contributed by atoms with van der Waals surface area (Å²) in [4.78, 5) is 13.5. The van der Waals surface area contributed by atoms with Crippen LogP contribution in [0.1, 0.15) is 12.5 Å². The molecule has 0 spiro atoms. The van der Waals surface area contributed by atoms with E-state index in [4.69, 9.17) is 11.5 Å². The van der Waals surface area contributed by atoms with Gasteiger partial charge in [-0.15, -0.1) is 0 Å². The maximum absolute atomic E-state index is 11.8. The third-order valence-electron chi connectivity index (χ3n) is 2.76. The van der Waals surface area contributed by atoms with Crippen molar-refractivity contribution in [2.45, 2.75) is 19.4 Å². The van der Waals surface area contributed by atoms with E-state index in [1.54, 1.807) is 4.90 Å². The molecule has 80 valence electrons. The highest BCUT2D eigenvalue weighted by atomic mass is 16.2. The predicted octanol–water partition coefficient (Wildman–Crippen LogP) is 0.505. The Bertz CT molecular complexity index is 403. The van der Waals surface area contributed by atoms with Gasteiger partial charge in [0.2, 0.25) is 5.91 Å². The first-order valence-corrected chi connectivity index (χ1v) is 5.04. The molecule has 0 saturated heterocycles. The number of fused-ring (bicyclic) bond motifs is 1. The highest BCUT2D eigenvalue weighted by molar-refractivity contribution is 6.02. The number of carbonyl (C=O) groups excluding carboxylic acids is 1. The fourth-order valence-electron chi connectivity index (χ4n) is 1.95. The number of anilines is 2. The minimum atomic E-state index is 0.0439. The van der Waals surface area contributed by atoms with Gasteiger partial charge < -0.3 is 16.4 Å². The van der Waals surface area contributed by atoms with E-state index in [1.807, 2.05) is 25.1 Å². The minimum absolute atomic E-state index is 0.0439. The third-order valence-corrected chi connectivity index (χ3v) is 2.76. The third kappa shape index (κ3) is 1.57. The Kier molecular flexibility index (Phi) is 2.36. The molecule has 0 saturated carbocycles. The second-order valence-electron chi connectivity index (χ2n) is 3.91. The summed E-state index contributed by atoms with van der Waals surface area (Å²) in [6, 6.07) is 5.61. The summed E-state index contributed by atoms with van der Waals surface area (Å²) >= 11 is 0. The zero-order chi connectivity index (χ0) is 11.0. The van der Waals surface area contributed by atoms with E-state index in [2.05, 4.69) is 0 Å². The van der Waals surface area contributed by atoms with Gasteiger partial charge in [-0.05, 0) is 30.7 Å². The SMILES string of the molecule is CC(CN)N1C(=O)Cc2cc(N)ccc21. The first-order valence-electron chi connectivity index (χ1n) is 5.04. The lowest BCUT2D eigenvalue weighted by Crippen LogP contribution is -2.40. The monoisotopic (exact) mass is 205 g/mol. The van der Waals surface area contributed by atoms with E-state index < -0.39 is 0 Å². The van der Waals surface area contributed by atoms with E-state index in [0.29, 0.717) is 18.7 Å². The van der Waals surface area contributed by atoms with Gasteiger partial charge in [0.05, 0.1) is 6.42 Å². The van der Waals surface area contributed by atoms with Gasteiger partial charge in [0.15, 0.2) is 0 Å². The number of amides is 1. The average Bonchev–Trinajstić information content (AvgIpc) is 2.52. The number of rotatable bonds is 2. The topological polar surface area (TPSA) is 72.3 Å². The zero-order valence-corrected chi connectivity index (χ0v) is 8.73. The van der Waals surface area contributed by atoms with E-state index in [1.165, 1.54) is 0 Å². The van der Waals surface area contributed by atoms with Crippen LogP contribution >= 0.6 is 0 Å². The van der Waals surface area contributed by atoms with Crippen LogP contribution in [0.25, 0.3) is 0 Å². The molecule has 2 rings (SSSR count). The largest absolute Gasteiger partial charge is 0.399 e. The summed E-state index contributed by atoms with van der Waals surface area (Å²) < 4.78 is 0. The van der Waals surface area contributed by atoms with Crippen molar-refractivity contribution in [2.24, 2.45) is 5.73 Å². The molecule has 1 aromatic rings. The van der Waals surface area contributed by atoms with Crippen LogP contribution in [0.5, 0.6) is 0 Å². The molecule has 1 aromatic carbocycles. The number of hydrogen-bond acceptors (Lipinski definition) is 3. The Morgan fingerprint density at radius 2 is 2.27 bits per heavy atom. The fourth-order valence-corrected chi connectivity index (χ4v) is 1.95. The molecule has 4 nitrogen and oxygen atoms in total. The molecule has 0 radical (unpaired) electrons. The van der Waals surface area contributed by atoms with E-state index >= 15 is 0 Å². The van der Waals surface area contributed by atoms with Crippen molar-refractivity contribution in [1.29, 1.82) is 0 Å². The maximum atomic E-state index is 11.8. The summed E-state index contributed by atoms with van der Waals surface area (Å²) in [6.45, 7) is 2.42. The molecule has 1 atom stereocenters. The molecule has 0 aliphatic carbocycles. The van der Waals surface area contributed by atoms with Crippen molar-refractivity contribution in [1.82, 2.24) is 0 Å². The lowest BCUT2D eigenvalue weighted by Gasteiger charge is -2.24. The highest BCUT2D eigenvalue weighted by Crippen LogP contribution is 2.31. The molecule has 1 amide bonds. The van der Waals surface area contributed by atoms with Gasteiger partial charge in [0.1, 0.15) is 0 Å². The second kappa shape index (κ2) is 3.55. The van der Waals surface area contributed by atoms with Crippen molar-refractivity contribution in [3.05, 3.63) is 23.8 Å². The van der Waals surface area contributed by atoms with E-state index in [9.17, 15) is 4.79 Å². The first-order chi connectivity index (χ1) is 7.13. The Balaban J connectivity index is 2.41. The quantitative estimate of drug-likeness (QED) is 0.691. The first kappa shape index (κ1) is 9.98. The van der Waals surface area contributed by atoms with Crippen LogP contribution < -0.4 is 16.4 Å². The zero-order valence-electron chi connectivity index (χ0n) is 8.73. The normalized spacial score (nSPS) is 16.7. The summed E-state index contributed by atoms with van der Waals surface area (Å²) in [7, 11) is 0. The molecule has 0 fully saturated rings. The molecule has 1 heterocycles. The Morgan fingerprint density at radius 3 is 2.93 bits per heavy atom. The summed E-state index contributed by atoms with van der Waals surface area (Å²) in [5.74, 6) is 0.105. The number of carbonyl (C=O) groups is 1. The number of nitrogen functional groups attached to an aromatic ring is 1. The minimum Gasteiger partial charge on any atom is -0.399 e. The smallest absolute Gasteiger partial charge is 0.231 e. The standard InChI is InChI=1S/C11H15N3O/c1-7(6-12)14-10-3-2-9(13)4-8(10)5-11(14)15/h2-4,7H,5-6,12-13H2,1H3. The lowest BCUT2D eigenvalue weighted by atomic mass is 10.1. The molecular formula is C11H15N3O. The van der Waals surface area contributed by atoms with E-state index in [0.717, 1.165) is 11.3 Å². The van der Waals surface area contributed by atoms with Gasteiger partial charge in [0.25, 0.3) is 0 Å². The molecule has 1 aliphatic heterocycles. The maximum Gasteiger partial charge on any atom is 0.231 e. The lowest BCUT2D eigenvalue weighted by molar-refractivity contribution is -0.117. The van der Waals surface area contributed by atoms with Crippen molar-refractivity contribution in [3.8, 4) is 0 Å². The molecule has 4 N–H and O–H groups in total. The Hall–Kier alpha value is -1.55. The molecular weight excluding hydrogens is 190 g/mol. The van der Waals surface area contributed by atoms with Crippen LogP contribution in [0.3, 0.4) is 0 Å². The van der Waals surface area contributed by atoms with Gasteiger partial charge in [-0.3, -0.25) is 4.79 Å². The van der Waals surface area contributed by atoms with Crippen LogP contribution in [0, 0.1) is 0 Å². The Morgan fingerprint density at radius 1 is 1.53 bits per heavy atom. The van der Waals surface area contributed by atoms with Gasteiger partial charge >= 0.3 is 0 Å². The van der Waals surface area contributed by atoms with Crippen LogP contribution in [-0.4, -0.2) is 18.5 Å². The van der Waals surface area contributed by atoms with E-state index in [-0.39, 0.29) is 11.9 Å². The number of hydrogen-bond donors (Lipinski definition) is 2. The number of benzene rings is 1. The highest BCUT2D eigenvalue weighted by Gasteiger charge is 2.30. The number of nitrogens with two attached hydrogens (primary N) is 2. The van der Waals surface area contributed by atoms with Crippen LogP contribution in [0.15, 0.2) is 18.2 Å². The van der Waals surface area contributed by atoms with Crippen LogP contribution in [-0.2, 0) is 11.2 Å². The van der Waals surface area contributed by atoms with Crippen LogP contribution in [0.2, 0.25) is 0 Å². The summed E-state index contributed by atoms with van der Waals surface area (Å²) in [5, 5.41) is 0. The van der Waals surface area contributed by atoms with Crippen molar-refractivity contribution >= 4 is 17.3 Å². The average molecular weight is 205 g/mol. The van der Waals surface area contributed by atoms with Gasteiger partial charge in [-0.25, -0.2) is 0 Å². The molecule has 1 aliphatic rings. The van der Waals surface area contributed by atoms with Gasteiger partial charge in [0, 0.05) is 24.0 Å².